The van der Waals surface area contributed by atoms with E-state index in [4.69, 9.17) is 5.73 Å². The van der Waals surface area contributed by atoms with E-state index in [1.165, 1.54) is 0 Å². The molecular formula is C9H18N4. The number of likely N-dealkylation sites (N-methyl/N-ethyl adjacent to an activating group) is 1. The van der Waals surface area contributed by atoms with Gasteiger partial charge in [-0.25, -0.2) is 4.98 Å². The van der Waals surface area contributed by atoms with E-state index in [-0.39, 0.29) is 0 Å². The third-order valence-electron chi connectivity index (χ3n) is 2.01. The van der Waals surface area contributed by atoms with Gasteiger partial charge < -0.3 is 15.6 Å². The highest BCUT2D eigenvalue weighted by atomic mass is 15.1. The number of hydrogen-bond acceptors (Lipinski definition) is 3. The molecule has 0 saturated carbocycles. The highest BCUT2D eigenvalue weighted by Gasteiger charge is 2.04. The lowest BCUT2D eigenvalue weighted by Gasteiger charge is -2.06. The highest BCUT2D eigenvalue weighted by molar-refractivity contribution is 5.35. The molecule has 0 radical (unpaired) electrons. The molecule has 4 heteroatoms. The molecule has 0 aliphatic carbocycles. The lowest BCUT2D eigenvalue weighted by Crippen LogP contribution is -2.15. The number of anilines is 1. The van der Waals surface area contributed by atoms with Crippen molar-refractivity contribution in [1.82, 2.24) is 14.9 Å². The van der Waals surface area contributed by atoms with E-state index < -0.39 is 0 Å². The molecule has 13 heavy (non-hydrogen) atoms. The normalized spacial score (nSPS) is 11.1. The summed E-state index contributed by atoms with van der Waals surface area (Å²) < 4.78 is 0. The molecule has 0 aliphatic heterocycles. The lowest BCUT2D eigenvalue weighted by molar-refractivity contribution is 0.410. The summed E-state index contributed by atoms with van der Waals surface area (Å²) in [5.74, 6) is 1.64. The van der Waals surface area contributed by atoms with E-state index in [0.29, 0.717) is 5.82 Å². The van der Waals surface area contributed by atoms with Crippen LogP contribution in [0.5, 0.6) is 0 Å². The minimum absolute atomic E-state index is 0.649. The average molecular weight is 182 g/mol. The first-order valence-electron chi connectivity index (χ1n) is 4.61. The Balaban J connectivity index is 2.57. The van der Waals surface area contributed by atoms with Crippen LogP contribution in [0, 0.1) is 0 Å². The molecule has 0 fully saturated rings. The Kier molecular flexibility index (Phi) is 3.31. The molecule has 3 N–H and O–H groups in total. The monoisotopic (exact) mass is 182 g/mol. The van der Waals surface area contributed by atoms with E-state index in [1.54, 1.807) is 0 Å². The van der Waals surface area contributed by atoms with E-state index in [0.717, 1.165) is 30.9 Å². The molecule has 0 aromatic carbocycles. The Hall–Kier alpha value is -1.03. The fourth-order valence-electron chi connectivity index (χ4n) is 1.20. The van der Waals surface area contributed by atoms with Gasteiger partial charge in [-0.1, -0.05) is 6.92 Å². The number of H-pyrrole nitrogens is 1. The van der Waals surface area contributed by atoms with Gasteiger partial charge in [-0.2, -0.15) is 0 Å². The maximum absolute atomic E-state index is 5.70. The number of nitrogens with zero attached hydrogens (tertiary/aromatic N) is 2. The Morgan fingerprint density at radius 3 is 2.62 bits per heavy atom. The zero-order chi connectivity index (χ0) is 9.84. The van der Waals surface area contributed by atoms with Crippen LogP contribution in [-0.4, -0.2) is 35.5 Å². The number of nitrogen functional groups attached to an aromatic ring is 1. The second-order valence-electron chi connectivity index (χ2n) is 3.45. The number of aromatic nitrogens is 2. The van der Waals surface area contributed by atoms with Crippen LogP contribution < -0.4 is 5.73 Å². The van der Waals surface area contributed by atoms with Crippen molar-refractivity contribution in [2.24, 2.45) is 0 Å². The first-order valence-corrected chi connectivity index (χ1v) is 4.61. The summed E-state index contributed by atoms with van der Waals surface area (Å²) in [4.78, 5) is 9.60. The van der Waals surface area contributed by atoms with Crippen molar-refractivity contribution in [3.8, 4) is 0 Å². The summed E-state index contributed by atoms with van der Waals surface area (Å²) in [6.07, 6.45) is 1.85. The standard InChI is InChI=1S/C9H18N4/c1-4-7-9(10)12-8(11-7)5-6-13(2)3/h4-6,10H2,1-3H3,(H,11,12). The summed E-state index contributed by atoms with van der Waals surface area (Å²) >= 11 is 0. The lowest BCUT2D eigenvalue weighted by atomic mass is 10.3. The van der Waals surface area contributed by atoms with Crippen molar-refractivity contribution in [3.63, 3.8) is 0 Å². The smallest absolute Gasteiger partial charge is 0.144 e. The fraction of sp³-hybridized carbons (Fsp3) is 0.667. The van der Waals surface area contributed by atoms with Gasteiger partial charge in [0, 0.05) is 13.0 Å². The Morgan fingerprint density at radius 2 is 2.15 bits per heavy atom. The molecule has 74 valence electrons. The van der Waals surface area contributed by atoms with Crippen LogP contribution >= 0.6 is 0 Å². The van der Waals surface area contributed by atoms with E-state index in [9.17, 15) is 0 Å². The van der Waals surface area contributed by atoms with E-state index in [2.05, 4.69) is 21.8 Å². The largest absolute Gasteiger partial charge is 0.382 e. The quantitative estimate of drug-likeness (QED) is 0.719. The molecule has 0 unspecified atom stereocenters. The van der Waals surface area contributed by atoms with Gasteiger partial charge in [0.05, 0.1) is 5.69 Å². The maximum Gasteiger partial charge on any atom is 0.144 e. The molecule has 1 rings (SSSR count). The average Bonchev–Trinajstić information content (AvgIpc) is 2.43. The van der Waals surface area contributed by atoms with E-state index >= 15 is 0 Å². The highest BCUT2D eigenvalue weighted by Crippen LogP contribution is 2.08. The third-order valence-corrected chi connectivity index (χ3v) is 2.01. The minimum atomic E-state index is 0.649. The summed E-state index contributed by atoms with van der Waals surface area (Å²) in [6, 6.07) is 0. The zero-order valence-corrected chi connectivity index (χ0v) is 8.59. The molecule has 1 heterocycles. The van der Waals surface area contributed by atoms with Crippen LogP contribution in [0.15, 0.2) is 0 Å². The van der Waals surface area contributed by atoms with Crippen LogP contribution in [0.25, 0.3) is 0 Å². The first-order chi connectivity index (χ1) is 6.13. The number of hydrogen-bond donors (Lipinski definition) is 2. The van der Waals surface area contributed by atoms with Crippen LogP contribution in [-0.2, 0) is 12.8 Å². The Morgan fingerprint density at radius 1 is 1.46 bits per heavy atom. The van der Waals surface area contributed by atoms with Gasteiger partial charge in [0.2, 0.25) is 0 Å². The molecule has 0 saturated heterocycles. The number of nitrogens with two attached hydrogens (primary N) is 1. The Bertz CT molecular complexity index is 265. The van der Waals surface area contributed by atoms with Crippen molar-refractivity contribution in [2.75, 3.05) is 26.4 Å². The van der Waals surface area contributed by atoms with Crippen molar-refractivity contribution < 1.29 is 0 Å². The fourth-order valence-corrected chi connectivity index (χ4v) is 1.20. The van der Waals surface area contributed by atoms with Gasteiger partial charge in [0.15, 0.2) is 0 Å². The second kappa shape index (κ2) is 4.28. The predicted octanol–water partition coefficient (Wildman–Crippen LogP) is 0.658. The summed E-state index contributed by atoms with van der Waals surface area (Å²) in [7, 11) is 4.10. The molecule has 0 amide bonds. The van der Waals surface area contributed by atoms with Gasteiger partial charge in [0.1, 0.15) is 11.6 Å². The molecule has 1 aromatic heterocycles. The van der Waals surface area contributed by atoms with Crippen molar-refractivity contribution >= 4 is 5.82 Å². The number of aromatic amines is 1. The summed E-state index contributed by atoms with van der Waals surface area (Å²) in [5, 5.41) is 0. The first kappa shape index (κ1) is 10.1. The van der Waals surface area contributed by atoms with Crippen molar-refractivity contribution in [1.29, 1.82) is 0 Å². The third kappa shape index (κ3) is 2.73. The van der Waals surface area contributed by atoms with Crippen LogP contribution in [0.2, 0.25) is 0 Å². The molecular weight excluding hydrogens is 164 g/mol. The van der Waals surface area contributed by atoms with Gasteiger partial charge >= 0.3 is 0 Å². The van der Waals surface area contributed by atoms with Crippen LogP contribution in [0.1, 0.15) is 18.4 Å². The van der Waals surface area contributed by atoms with E-state index in [1.807, 2.05) is 14.1 Å². The summed E-state index contributed by atoms with van der Waals surface area (Å²) in [6.45, 7) is 3.07. The van der Waals surface area contributed by atoms with Gasteiger partial charge in [-0.05, 0) is 20.5 Å². The molecule has 0 bridgehead atoms. The predicted molar refractivity (Wildman–Crippen MR) is 54.6 cm³/mol. The van der Waals surface area contributed by atoms with Crippen LogP contribution in [0.3, 0.4) is 0 Å². The number of rotatable bonds is 4. The Labute approximate surface area is 79.1 Å². The second-order valence-corrected chi connectivity index (χ2v) is 3.45. The number of nitrogens with one attached hydrogen (secondary N) is 1. The molecule has 1 aromatic rings. The summed E-state index contributed by atoms with van der Waals surface area (Å²) in [5.41, 5.74) is 6.75. The molecule has 0 atom stereocenters. The van der Waals surface area contributed by atoms with Gasteiger partial charge in [-0.3, -0.25) is 0 Å². The van der Waals surface area contributed by atoms with Crippen molar-refractivity contribution in [3.05, 3.63) is 11.5 Å². The van der Waals surface area contributed by atoms with Gasteiger partial charge in [-0.15, -0.1) is 0 Å². The topological polar surface area (TPSA) is 57.9 Å². The number of aryl methyl sites for hydroxylation is 1. The zero-order valence-electron chi connectivity index (χ0n) is 8.59. The van der Waals surface area contributed by atoms with Crippen LogP contribution in [0.4, 0.5) is 5.82 Å². The molecule has 4 nitrogen and oxygen atoms in total. The number of imidazole rings is 1. The SMILES string of the molecule is CCc1[nH]c(CCN(C)C)nc1N. The van der Waals surface area contributed by atoms with Gasteiger partial charge in [0.25, 0.3) is 0 Å². The van der Waals surface area contributed by atoms with Crippen molar-refractivity contribution in [2.45, 2.75) is 19.8 Å². The maximum atomic E-state index is 5.70. The molecule has 0 spiro atoms. The molecule has 0 aliphatic rings. The minimum Gasteiger partial charge on any atom is -0.382 e.